The average molecular weight is 918 g/mol. The van der Waals surface area contributed by atoms with Gasteiger partial charge in [-0.05, 0) is 67.4 Å². The molecule has 0 atom stereocenters. The summed E-state index contributed by atoms with van der Waals surface area (Å²) in [6.45, 7) is 7.71. The Morgan fingerprint density at radius 1 is 0.567 bits per heavy atom. The Morgan fingerprint density at radius 2 is 1.00 bits per heavy atom. The third-order valence-electron chi connectivity index (χ3n) is 10.3. The van der Waals surface area contributed by atoms with Crippen LogP contribution in [0, 0.1) is 36.5 Å². The van der Waals surface area contributed by atoms with Gasteiger partial charge in [0.05, 0.1) is 42.4 Å². The number of hydrogen-bond acceptors (Lipinski definition) is 12. The quantitative estimate of drug-likeness (QED) is 0.146. The van der Waals surface area contributed by atoms with E-state index < -0.39 is 20.0 Å². The van der Waals surface area contributed by atoms with Crippen molar-refractivity contribution in [2.75, 3.05) is 62.2 Å². The van der Waals surface area contributed by atoms with Gasteiger partial charge in [-0.2, -0.15) is 19.1 Å². The molecule has 6 aromatic rings. The van der Waals surface area contributed by atoms with Gasteiger partial charge in [0.1, 0.15) is 12.1 Å². The van der Waals surface area contributed by atoms with Gasteiger partial charge in [-0.25, -0.2) is 26.8 Å². The number of thiazole rings is 2. The second kappa shape index (κ2) is 18.4. The lowest BCUT2D eigenvalue weighted by Gasteiger charge is -2.33. The first kappa shape index (κ1) is 43.2. The molecule has 4 heterocycles. The van der Waals surface area contributed by atoms with Crippen molar-refractivity contribution in [3.63, 3.8) is 0 Å². The predicted octanol–water partition coefficient (Wildman–Crippen LogP) is 8.31. The van der Waals surface area contributed by atoms with Gasteiger partial charge >= 0.3 is 0 Å². The Balaban J connectivity index is 0.000000181. The molecule has 0 unspecified atom stereocenters. The summed E-state index contributed by atoms with van der Waals surface area (Å²) < 4.78 is 54.8. The van der Waals surface area contributed by atoms with Crippen LogP contribution in [0.2, 0.25) is 10.0 Å². The smallest absolute Gasteiger partial charge is 0.244 e. The number of rotatable bonds is 8. The molecule has 0 radical (unpaired) electrons. The molecular formula is C42H38Cl2N8O4S4. The summed E-state index contributed by atoms with van der Waals surface area (Å²) in [7, 11) is -7.41. The van der Waals surface area contributed by atoms with Crippen molar-refractivity contribution in [1.82, 2.24) is 18.6 Å². The van der Waals surface area contributed by atoms with Crippen LogP contribution in [0.3, 0.4) is 0 Å². The van der Waals surface area contributed by atoms with Crippen LogP contribution < -0.4 is 9.80 Å². The number of aryl methyl sites for hydroxylation is 2. The van der Waals surface area contributed by atoms with Crippen LogP contribution in [0.4, 0.5) is 10.3 Å². The lowest BCUT2D eigenvalue weighted by molar-refractivity contribution is 0.384. The molecule has 0 amide bonds. The Kier molecular flexibility index (Phi) is 13.2. The Hall–Kier alpha value is -4.88. The van der Waals surface area contributed by atoms with Crippen LogP contribution in [-0.2, 0) is 20.0 Å². The first-order valence-corrected chi connectivity index (χ1v) is 24.1. The lowest BCUT2D eigenvalue weighted by Crippen LogP contribution is -2.48. The summed E-state index contributed by atoms with van der Waals surface area (Å²) in [6.07, 6.45) is 0. The molecule has 4 aromatic carbocycles. The van der Waals surface area contributed by atoms with E-state index in [1.165, 1.54) is 55.3 Å². The van der Waals surface area contributed by atoms with Crippen LogP contribution in [-0.4, -0.2) is 87.8 Å². The molecule has 8 rings (SSSR count). The summed E-state index contributed by atoms with van der Waals surface area (Å²) in [5, 5.41) is 25.2. The van der Waals surface area contributed by atoms with E-state index in [4.69, 9.17) is 28.2 Å². The van der Waals surface area contributed by atoms with Crippen molar-refractivity contribution in [2.45, 2.75) is 23.6 Å². The van der Waals surface area contributed by atoms with Crippen molar-refractivity contribution in [1.29, 1.82) is 10.5 Å². The number of nitriles is 2. The van der Waals surface area contributed by atoms with Crippen LogP contribution in [0.25, 0.3) is 22.5 Å². The highest BCUT2D eigenvalue weighted by molar-refractivity contribution is 7.89. The Labute approximate surface area is 368 Å². The van der Waals surface area contributed by atoms with Gasteiger partial charge in [-0.1, -0.05) is 65.7 Å². The zero-order valence-electron chi connectivity index (χ0n) is 32.5. The molecule has 2 fully saturated rings. The minimum absolute atomic E-state index is 0.0529. The summed E-state index contributed by atoms with van der Waals surface area (Å²) in [5.41, 5.74) is 6.53. The van der Waals surface area contributed by atoms with E-state index in [1.54, 1.807) is 47.7 Å². The number of benzene rings is 4. The predicted molar refractivity (Wildman–Crippen MR) is 239 cm³/mol. The standard InChI is InChI=1S/C22H22N4O2S2.C20H16Cl2N4O2S2/c1-16-7-8-18(13-17(16)2)20-15-29-22(24-20)25-9-11-26(12-10-25)30(27,28)21-6-4-3-5-19(21)14-23;21-16-6-5-14(11-17(16)22)18-13-29-20(24-18)25-7-9-26(10-8-25)30(27,28)19-4-2-1-3-15(19)12-23/h3-8,13,15H,9-12H2,1-2H3;1-6,11,13H,7-10H2. The normalized spacial score (nSPS) is 15.2. The first-order chi connectivity index (χ1) is 28.8. The molecule has 12 nitrogen and oxygen atoms in total. The zero-order chi connectivity index (χ0) is 42.6. The van der Waals surface area contributed by atoms with Crippen LogP contribution >= 0.6 is 45.9 Å². The summed E-state index contributed by atoms with van der Waals surface area (Å²) in [5.74, 6) is 0. The van der Waals surface area contributed by atoms with Crippen molar-refractivity contribution in [2.24, 2.45) is 0 Å². The highest BCUT2D eigenvalue weighted by Gasteiger charge is 2.32. The van der Waals surface area contributed by atoms with Crippen LogP contribution in [0.15, 0.2) is 105 Å². The molecule has 0 saturated carbocycles. The molecule has 0 N–H and O–H groups in total. The number of halogens is 2. The molecule has 2 aliphatic rings. The molecule has 2 aliphatic heterocycles. The minimum Gasteiger partial charge on any atom is -0.345 e. The van der Waals surface area contributed by atoms with E-state index in [0.717, 1.165) is 32.8 Å². The first-order valence-electron chi connectivity index (χ1n) is 18.7. The summed E-state index contributed by atoms with van der Waals surface area (Å²) in [4.78, 5) is 13.8. The summed E-state index contributed by atoms with van der Waals surface area (Å²) in [6, 6.07) is 28.3. The molecule has 0 spiro atoms. The van der Waals surface area contributed by atoms with Gasteiger partial charge in [0, 0.05) is 74.2 Å². The van der Waals surface area contributed by atoms with E-state index in [0.29, 0.717) is 62.4 Å². The molecule has 60 heavy (non-hydrogen) atoms. The fraction of sp³-hybridized carbons (Fsp3) is 0.238. The van der Waals surface area contributed by atoms with Crippen molar-refractivity contribution >= 4 is 76.2 Å². The van der Waals surface area contributed by atoms with Crippen LogP contribution in [0.1, 0.15) is 22.3 Å². The second-order valence-corrected chi connectivity index (χ2v) is 20.3. The van der Waals surface area contributed by atoms with Crippen molar-refractivity contribution < 1.29 is 16.8 Å². The van der Waals surface area contributed by atoms with Crippen molar-refractivity contribution in [3.05, 3.63) is 128 Å². The fourth-order valence-electron chi connectivity index (χ4n) is 6.73. The molecule has 0 bridgehead atoms. The maximum atomic E-state index is 13.0. The largest absolute Gasteiger partial charge is 0.345 e. The maximum absolute atomic E-state index is 13.0. The number of anilines is 2. The van der Waals surface area contributed by atoms with Crippen LogP contribution in [0.5, 0.6) is 0 Å². The van der Waals surface area contributed by atoms with Gasteiger partial charge in [-0.15, -0.1) is 22.7 Å². The lowest BCUT2D eigenvalue weighted by atomic mass is 10.1. The third kappa shape index (κ3) is 9.22. The molecular weight excluding hydrogens is 880 g/mol. The fourth-order valence-corrected chi connectivity index (χ4v) is 11.9. The highest BCUT2D eigenvalue weighted by atomic mass is 35.5. The average Bonchev–Trinajstić information content (AvgIpc) is 3.98. The highest BCUT2D eigenvalue weighted by Crippen LogP contribution is 2.33. The minimum atomic E-state index is -3.72. The Morgan fingerprint density at radius 3 is 1.43 bits per heavy atom. The van der Waals surface area contributed by atoms with E-state index >= 15 is 0 Å². The Bertz CT molecular complexity index is 2640. The van der Waals surface area contributed by atoms with Gasteiger partial charge in [0.2, 0.25) is 20.0 Å². The van der Waals surface area contributed by atoms with E-state index in [9.17, 15) is 27.4 Å². The van der Waals surface area contributed by atoms with E-state index in [1.807, 2.05) is 29.0 Å². The number of piperazine rings is 2. The number of sulfonamides is 2. The number of hydrogen-bond donors (Lipinski definition) is 0. The molecule has 2 saturated heterocycles. The topological polar surface area (TPSA) is 155 Å². The third-order valence-corrected chi connectivity index (χ3v) is 16.7. The second-order valence-electron chi connectivity index (χ2n) is 14.0. The van der Waals surface area contributed by atoms with E-state index in [-0.39, 0.29) is 20.9 Å². The van der Waals surface area contributed by atoms with E-state index in [2.05, 4.69) is 46.8 Å². The monoisotopic (exact) mass is 916 g/mol. The number of nitrogens with zero attached hydrogens (tertiary/aromatic N) is 8. The zero-order valence-corrected chi connectivity index (χ0v) is 37.3. The van der Waals surface area contributed by atoms with Gasteiger partial charge in [0.15, 0.2) is 10.3 Å². The molecule has 2 aromatic heterocycles. The molecule has 18 heteroatoms. The maximum Gasteiger partial charge on any atom is 0.244 e. The van der Waals surface area contributed by atoms with Gasteiger partial charge in [-0.3, -0.25) is 0 Å². The number of aromatic nitrogens is 2. The summed E-state index contributed by atoms with van der Waals surface area (Å²) >= 11 is 15.2. The molecule has 0 aliphatic carbocycles. The SMILES string of the molecule is Cc1ccc(-c2csc(N3CCN(S(=O)(=O)c4ccccc4C#N)CC3)n2)cc1C.N#Cc1ccccc1S(=O)(=O)N1CCN(c2nc(-c3ccc(Cl)c(Cl)c3)cs2)CC1. The molecule has 308 valence electrons. The van der Waals surface area contributed by atoms with Crippen molar-refractivity contribution in [3.8, 4) is 34.7 Å². The van der Waals surface area contributed by atoms with Gasteiger partial charge in [0.25, 0.3) is 0 Å². The van der Waals surface area contributed by atoms with Gasteiger partial charge < -0.3 is 9.80 Å².